The first-order chi connectivity index (χ1) is 13.3. The van der Waals surface area contributed by atoms with Crippen LogP contribution >= 0.6 is 11.7 Å². The Balaban J connectivity index is 1.28. The van der Waals surface area contributed by atoms with E-state index in [1.54, 1.807) is 12.5 Å². The third-order valence-corrected chi connectivity index (χ3v) is 4.88. The van der Waals surface area contributed by atoms with E-state index in [4.69, 9.17) is 4.74 Å². The lowest BCUT2D eigenvalue weighted by molar-refractivity contribution is 0.297. The molecular formula is C20H21N5OS. The number of nitrogens with zero attached hydrogens (tertiary/aromatic N) is 5. The molecule has 2 aromatic heterocycles. The van der Waals surface area contributed by atoms with E-state index in [1.165, 1.54) is 22.9 Å². The maximum Gasteiger partial charge on any atom is 0.119 e. The van der Waals surface area contributed by atoms with Crippen molar-refractivity contribution < 1.29 is 4.74 Å². The Morgan fingerprint density at radius 1 is 1.00 bits per heavy atom. The number of benzene rings is 2. The molecule has 27 heavy (non-hydrogen) atoms. The van der Waals surface area contributed by atoms with Gasteiger partial charge in [0.2, 0.25) is 0 Å². The van der Waals surface area contributed by atoms with Crippen molar-refractivity contribution in [1.29, 1.82) is 0 Å². The van der Waals surface area contributed by atoms with Crippen molar-refractivity contribution in [2.45, 2.75) is 19.6 Å². The van der Waals surface area contributed by atoms with Crippen molar-refractivity contribution in [2.24, 2.45) is 0 Å². The Hall–Kier alpha value is -2.77. The van der Waals surface area contributed by atoms with Crippen LogP contribution in [0.5, 0.6) is 5.75 Å². The second-order valence-electron chi connectivity index (χ2n) is 6.55. The lowest BCUT2D eigenvalue weighted by Gasteiger charge is -2.17. The molecule has 138 valence electrons. The van der Waals surface area contributed by atoms with Gasteiger partial charge in [-0.1, -0.05) is 18.2 Å². The van der Waals surface area contributed by atoms with Gasteiger partial charge in [-0.25, -0.2) is 4.98 Å². The van der Waals surface area contributed by atoms with E-state index in [0.717, 1.165) is 36.4 Å². The highest BCUT2D eigenvalue weighted by atomic mass is 32.1. The molecule has 0 saturated heterocycles. The zero-order valence-electron chi connectivity index (χ0n) is 15.2. The third-order valence-electron chi connectivity index (χ3n) is 4.32. The summed E-state index contributed by atoms with van der Waals surface area (Å²) in [6.45, 7) is 3.17. The molecular weight excluding hydrogens is 358 g/mol. The van der Waals surface area contributed by atoms with Gasteiger partial charge in [0, 0.05) is 25.5 Å². The van der Waals surface area contributed by atoms with E-state index in [2.05, 4.69) is 49.9 Å². The van der Waals surface area contributed by atoms with Crippen molar-refractivity contribution in [3.05, 3.63) is 72.3 Å². The van der Waals surface area contributed by atoms with Crippen LogP contribution in [-0.2, 0) is 19.6 Å². The van der Waals surface area contributed by atoms with Gasteiger partial charge in [-0.2, -0.15) is 8.75 Å². The second-order valence-corrected chi connectivity index (χ2v) is 7.08. The molecule has 0 unspecified atom stereocenters. The molecule has 0 bridgehead atoms. The summed E-state index contributed by atoms with van der Waals surface area (Å²) in [6.07, 6.45) is 5.51. The third kappa shape index (κ3) is 4.69. The summed E-state index contributed by atoms with van der Waals surface area (Å²) in [6, 6.07) is 14.6. The highest BCUT2D eigenvalue weighted by Gasteiger charge is 2.05. The Kier molecular flexibility index (Phi) is 5.41. The monoisotopic (exact) mass is 379 g/mol. The van der Waals surface area contributed by atoms with E-state index in [1.807, 2.05) is 29.0 Å². The van der Waals surface area contributed by atoms with Crippen LogP contribution < -0.4 is 4.74 Å². The Bertz CT molecular complexity index is 981. The summed E-state index contributed by atoms with van der Waals surface area (Å²) in [7, 11) is 2.12. The molecule has 6 nitrogen and oxygen atoms in total. The summed E-state index contributed by atoms with van der Waals surface area (Å²) in [5, 5.41) is 0. The number of aromatic nitrogens is 4. The van der Waals surface area contributed by atoms with Gasteiger partial charge in [0.15, 0.2) is 0 Å². The Morgan fingerprint density at radius 2 is 1.78 bits per heavy atom. The van der Waals surface area contributed by atoms with Crippen molar-refractivity contribution >= 4 is 22.8 Å². The first-order valence-electron chi connectivity index (χ1n) is 8.83. The summed E-state index contributed by atoms with van der Waals surface area (Å²) in [5.41, 5.74) is 4.45. The second kappa shape index (κ2) is 8.28. The maximum absolute atomic E-state index is 5.79. The van der Waals surface area contributed by atoms with Crippen LogP contribution in [0.25, 0.3) is 11.0 Å². The zero-order valence-corrected chi connectivity index (χ0v) is 16.0. The van der Waals surface area contributed by atoms with Gasteiger partial charge in [0.1, 0.15) is 23.4 Å². The zero-order chi connectivity index (χ0) is 18.5. The summed E-state index contributed by atoms with van der Waals surface area (Å²) < 4.78 is 16.4. The van der Waals surface area contributed by atoms with Crippen LogP contribution in [-0.4, -0.2) is 36.9 Å². The van der Waals surface area contributed by atoms with E-state index >= 15 is 0 Å². The SMILES string of the molecule is CN(Cc1ccc(OCCn2ccnc2)cc1)Cc1ccc2nsnc2c1. The average molecular weight is 379 g/mol. The average Bonchev–Trinajstić information content (AvgIpc) is 3.34. The van der Waals surface area contributed by atoms with Gasteiger partial charge < -0.3 is 9.30 Å². The summed E-state index contributed by atoms with van der Waals surface area (Å²) in [4.78, 5) is 6.31. The molecule has 0 amide bonds. The minimum absolute atomic E-state index is 0.629. The number of hydrogen-bond donors (Lipinski definition) is 0. The molecule has 0 saturated carbocycles. The lowest BCUT2D eigenvalue weighted by Crippen LogP contribution is -2.17. The van der Waals surface area contributed by atoms with Gasteiger partial charge in [-0.3, -0.25) is 4.90 Å². The quantitative estimate of drug-likeness (QED) is 0.468. The van der Waals surface area contributed by atoms with Crippen molar-refractivity contribution in [3.8, 4) is 5.75 Å². The van der Waals surface area contributed by atoms with Crippen LogP contribution in [0.4, 0.5) is 0 Å². The Morgan fingerprint density at radius 3 is 2.59 bits per heavy atom. The van der Waals surface area contributed by atoms with Crippen molar-refractivity contribution in [3.63, 3.8) is 0 Å². The molecule has 0 aliphatic rings. The molecule has 4 aromatic rings. The number of ether oxygens (including phenoxy) is 1. The predicted molar refractivity (Wildman–Crippen MR) is 107 cm³/mol. The van der Waals surface area contributed by atoms with E-state index in [0.29, 0.717) is 6.61 Å². The number of hydrogen-bond acceptors (Lipinski definition) is 6. The fourth-order valence-electron chi connectivity index (χ4n) is 2.98. The molecule has 2 aromatic carbocycles. The molecule has 7 heteroatoms. The van der Waals surface area contributed by atoms with Crippen LogP contribution in [0.15, 0.2) is 61.2 Å². The maximum atomic E-state index is 5.79. The minimum atomic E-state index is 0.629. The smallest absolute Gasteiger partial charge is 0.119 e. The molecule has 0 aliphatic carbocycles. The highest BCUT2D eigenvalue weighted by Crippen LogP contribution is 2.17. The van der Waals surface area contributed by atoms with Crippen LogP contribution in [0.1, 0.15) is 11.1 Å². The number of imidazole rings is 1. The molecule has 0 spiro atoms. The minimum Gasteiger partial charge on any atom is -0.492 e. The topological polar surface area (TPSA) is 56.1 Å². The normalized spacial score (nSPS) is 11.3. The molecule has 0 fully saturated rings. The van der Waals surface area contributed by atoms with Crippen LogP contribution in [0, 0.1) is 0 Å². The van der Waals surface area contributed by atoms with E-state index < -0.39 is 0 Å². The standard InChI is InChI=1S/C20H21N5OS/c1-24(14-17-4-7-19-20(12-17)23-27-22-19)13-16-2-5-18(6-3-16)26-11-10-25-9-8-21-15-25/h2-9,12,15H,10-11,13-14H2,1H3. The first-order valence-corrected chi connectivity index (χ1v) is 9.56. The van der Waals surface area contributed by atoms with Crippen LogP contribution in [0.3, 0.4) is 0 Å². The van der Waals surface area contributed by atoms with Gasteiger partial charge in [-0.05, 0) is 42.4 Å². The lowest BCUT2D eigenvalue weighted by atomic mass is 10.1. The molecule has 0 radical (unpaired) electrons. The van der Waals surface area contributed by atoms with Crippen molar-refractivity contribution in [2.75, 3.05) is 13.7 Å². The molecule has 2 heterocycles. The fourth-order valence-corrected chi connectivity index (χ4v) is 3.50. The highest BCUT2D eigenvalue weighted by molar-refractivity contribution is 7.00. The van der Waals surface area contributed by atoms with Gasteiger partial charge in [0.25, 0.3) is 0 Å². The number of fused-ring (bicyclic) bond motifs is 1. The molecule has 0 N–H and O–H groups in total. The largest absolute Gasteiger partial charge is 0.492 e. The Labute approximate surface area is 162 Å². The predicted octanol–water partition coefficient (Wildman–Crippen LogP) is 3.60. The van der Waals surface area contributed by atoms with E-state index in [-0.39, 0.29) is 0 Å². The molecule has 0 aliphatic heterocycles. The van der Waals surface area contributed by atoms with Gasteiger partial charge in [0.05, 0.1) is 24.6 Å². The van der Waals surface area contributed by atoms with E-state index in [9.17, 15) is 0 Å². The summed E-state index contributed by atoms with van der Waals surface area (Å²) >= 11 is 1.26. The molecule has 4 rings (SSSR count). The van der Waals surface area contributed by atoms with Crippen LogP contribution in [0.2, 0.25) is 0 Å². The van der Waals surface area contributed by atoms with Gasteiger partial charge >= 0.3 is 0 Å². The van der Waals surface area contributed by atoms with Gasteiger partial charge in [-0.15, -0.1) is 0 Å². The first kappa shape index (κ1) is 17.6. The number of rotatable bonds is 8. The molecule has 0 atom stereocenters. The summed E-state index contributed by atoms with van der Waals surface area (Å²) in [5.74, 6) is 0.892. The van der Waals surface area contributed by atoms with Crippen molar-refractivity contribution in [1.82, 2.24) is 23.2 Å². The fraction of sp³-hybridized carbons (Fsp3) is 0.250.